The van der Waals surface area contributed by atoms with E-state index in [4.69, 9.17) is 0 Å². The van der Waals surface area contributed by atoms with Crippen LogP contribution in [0.5, 0.6) is 0 Å². The molecule has 0 unspecified atom stereocenters. The van der Waals surface area contributed by atoms with Crippen LogP contribution in [0.2, 0.25) is 0 Å². The maximum Gasteiger partial charge on any atom is 0.173 e. The van der Waals surface area contributed by atoms with E-state index in [0.29, 0.717) is 6.04 Å². The van der Waals surface area contributed by atoms with Crippen molar-refractivity contribution in [2.75, 3.05) is 13.6 Å². The summed E-state index contributed by atoms with van der Waals surface area (Å²) in [6.07, 6.45) is 24.4. The van der Waals surface area contributed by atoms with E-state index >= 15 is 0 Å². The first kappa shape index (κ1) is 21.4. The first-order valence-electron chi connectivity index (χ1n) is 11.5. The largest absolute Gasteiger partial charge is 0.299 e. The van der Waals surface area contributed by atoms with Crippen LogP contribution in [0.4, 0.5) is 0 Å². The molecule has 26 heavy (non-hydrogen) atoms. The van der Waals surface area contributed by atoms with Crippen molar-refractivity contribution in [2.45, 2.75) is 109 Å². The highest BCUT2D eigenvalue weighted by Crippen LogP contribution is 2.29. The van der Waals surface area contributed by atoms with Crippen molar-refractivity contribution in [3.05, 3.63) is 30.1 Å². The fourth-order valence-corrected chi connectivity index (χ4v) is 4.35. The third-order valence-electron chi connectivity index (χ3n) is 6.06. The second-order valence-corrected chi connectivity index (χ2v) is 8.40. The lowest BCUT2D eigenvalue weighted by atomic mass is 10.1. The number of pyridine rings is 1. The lowest BCUT2D eigenvalue weighted by Crippen LogP contribution is -2.34. The molecule has 0 amide bonds. The van der Waals surface area contributed by atoms with Crippen LogP contribution in [0, 0.1) is 0 Å². The summed E-state index contributed by atoms with van der Waals surface area (Å²) < 4.78 is 2.41. The maximum absolute atomic E-state index is 2.50. The fourth-order valence-electron chi connectivity index (χ4n) is 4.35. The van der Waals surface area contributed by atoms with Gasteiger partial charge in [-0.05, 0) is 38.9 Å². The molecule has 1 aromatic rings. The molecule has 0 N–H and O–H groups in total. The van der Waals surface area contributed by atoms with Gasteiger partial charge in [-0.3, -0.25) is 4.90 Å². The van der Waals surface area contributed by atoms with E-state index in [2.05, 4.69) is 48.0 Å². The molecule has 1 aromatic heterocycles. The average molecular weight is 360 g/mol. The minimum Gasteiger partial charge on any atom is -0.299 e. The third-order valence-corrected chi connectivity index (χ3v) is 6.06. The third kappa shape index (κ3) is 8.20. The molecular formula is C24H43N2+. The average Bonchev–Trinajstić information content (AvgIpc) is 3.09. The normalized spacial score (nSPS) is 17.8. The number of aryl methyl sites for hydroxylation is 1. The molecule has 0 aromatic carbocycles. The number of hydrogen-bond acceptors (Lipinski definition) is 1. The Kier molecular flexibility index (Phi) is 11.0. The van der Waals surface area contributed by atoms with E-state index in [9.17, 15) is 0 Å². The van der Waals surface area contributed by atoms with Crippen molar-refractivity contribution in [1.29, 1.82) is 0 Å². The van der Waals surface area contributed by atoms with Crippen molar-refractivity contribution in [3.8, 4) is 0 Å². The Balaban J connectivity index is 1.49. The first-order valence-corrected chi connectivity index (χ1v) is 11.5. The Morgan fingerprint density at radius 1 is 0.923 bits per heavy atom. The highest BCUT2D eigenvalue weighted by atomic mass is 15.1. The van der Waals surface area contributed by atoms with Crippen molar-refractivity contribution >= 4 is 0 Å². The molecule has 0 bridgehead atoms. The summed E-state index contributed by atoms with van der Waals surface area (Å²) in [6, 6.07) is 5.19. The van der Waals surface area contributed by atoms with Gasteiger partial charge in [0, 0.05) is 24.1 Å². The van der Waals surface area contributed by atoms with Gasteiger partial charge in [-0.25, -0.2) is 4.57 Å². The molecule has 2 rings (SSSR count). The smallest absolute Gasteiger partial charge is 0.173 e. The van der Waals surface area contributed by atoms with Gasteiger partial charge < -0.3 is 0 Å². The number of rotatable bonds is 14. The van der Waals surface area contributed by atoms with Crippen LogP contribution in [0.25, 0.3) is 0 Å². The topological polar surface area (TPSA) is 7.12 Å². The van der Waals surface area contributed by atoms with Crippen LogP contribution in [-0.2, 0) is 6.54 Å². The van der Waals surface area contributed by atoms with Crippen molar-refractivity contribution in [3.63, 3.8) is 0 Å². The molecule has 1 atom stereocenters. The van der Waals surface area contributed by atoms with E-state index in [1.807, 2.05) is 0 Å². The van der Waals surface area contributed by atoms with Crippen LogP contribution >= 0.6 is 0 Å². The van der Waals surface area contributed by atoms with Crippen molar-refractivity contribution in [1.82, 2.24) is 4.90 Å². The Hall–Kier alpha value is -0.890. The molecule has 1 aliphatic heterocycles. The molecule has 0 radical (unpaired) electrons. The molecule has 0 saturated carbocycles. The maximum atomic E-state index is 2.50. The van der Waals surface area contributed by atoms with Crippen molar-refractivity contribution < 1.29 is 4.57 Å². The number of aromatic nitrogens is 1. The highest BCUT2D eigenvalue weighted by molar-refractivity contribution is 5.12. The zero-order valence-corrected chi connectivity index (χ0v) is 17.6. The lowest BCUT2D eigenvalue weighted by molar-refractivity contribution is -0.697. The molecule has 0 spiro atoms. The molecule has 2 nitrogen and oxygen atoms in total. The lowest BCUT2D eigenvalue weighted by Gasteiger charge is -2.18. The second-order valence-electron chi connectivity index (χ2n) is 8.40. The predicted molar refractivity (Wildman–Crippen MR) is 112 cm³/mol. The Labute approximate surface area is 163 Å². The molecule has 1 saturated heterocycles. The van der Waals surface area contributed by atoms with E-state index in [1.54, 1.807) is 0 Å². The Morgan fingerprint density at radius 3 is 2.12 bits per heavy atom. The Morgan fingerprint density at radius 2 is 1.54 bits per heavy atom. The molecule has 0 aliphatic carbocycles. The summed E-state index contributed by atoms with van der Waals surface area (Å²) in [4.78, 5) is 2.50. The predicted octanol–water partition coefficient (Wildman–Crippen LogP) is 6.44. The zero-order valence-electron chi connectivity index (χ0n) is 17.6. The van der Waals surface area contributed by atoms with Gasteiger partial charge in [0.25, 0.3) is 0 Å². The number of unbranched alkanes of at least 4 members (excludes halogenated alkanes) is 11. The van der Waals surface area contributed by atoms with Crippen LogP contribution in [-0.4, -0.2) is 18.5 Å². The second kappa shape index (κ2) is 13.3. The molecule has 2 heteroatoms. The van der Waals surface area contributed by atoms with Crippen LogP contribution in [0.15, 0.2) is 24.5 Å². The first-order chi connectivity index (χ1) is 12.8. The van der Waals surface area contributed by atoms with Gasteiger partial charge in [0.05, 0.1) is 0 Å². The van der Waals surface area contributed by atoms with Crippen molar-refractivity contribution in [2.24, 2.45) is 0 Å². The van der Waals surface area contributed by atoms with E-state index in [0.717, 1.165) is 0 Å². The minimum absolute atomic E-state index is 0.643. The summed E-state index contributed by atoms with van der Waals surface area (Å²) in [6.45, 7) is 4.73. The van der Waals surface area contributed by atoms with E-state index < -0.39 is 0 Å². The number of likely N-dealkylation sites (tertiary alicyclic amines) is 1. The summed E-state index contributed by atoms with van der Waals surface area (Å²) in [5.41, 5.74) is 1.51. The standard InChI is InChI=1S/C24H43N2/c1-3-4-5-6-7-8-9-10-11-12-13-14-20-26-21-15-17-23(22-26)24-18-16-19-25(24)2/h15,17,21-22,24H,3-14,16,18-20H2,1-2H3/q+1/t24-/m0/s1. The van der Waals surface area contributed by atoms with Crippen LogP contribution in [0.3, 0.4) is 0 Å². The van der Waals surface area contributed by atoms with Gasteiger partial charge in [0.2, 0.25) is 0 Å². The van der Waals surface area contributed by atoms with Gasteiger partial charge in [0.1, 0.15) is 6.54 Å². The molecular weight excluding hydrogens is 316 g/mol. The van der Waals surface area contributed by atoms with Gasteiger partial charge in [-0.2, -0.15) is 0 Å². The summed E-state index contributed by atoms with van der Waals surface area (Å²) in [7, 11) is 2.26. The van der Waals surface area contributed by atoms with Gasteiger partial charge >= 0.3 is 0 Å². The molecule has 2 heterocycles. The monoisotopic (exact) mass is 359 g/mol. The number of hydrogen-bond donors (Lipinski definition) is 0. The molecule has 148 valence electrons. The summed E-state index contributed by atoms with van der Waals surface area (Å²) >= 11 is 0. The minimum atomic E-state index is 0.643. The summed E-state index contributed by atoms with van der Waals surface area (Å²) in [5.74, 6) is 0. The van der Waals surface area contributed by atoms with E-state index in [1.165, 1.54) is 109 Å². The van der Waals surface area contributed by atoms with Gasteiger partial charge in [-0.15, -0.1) is 0 Å². The SMILES string of the molecule is CCCCCCCCCCCCCC[n+]1cccc([C@@H]2CCCN2C)c1. The molecule has 1 fully saturated rings. The highest BCUT2D eigenvalue weighted by Gasteiger charge is 2.24. The van der Waals surface area contributed by atoms with E-state index in [-0.39, 0.29) is 0 Å². The molecule has 1 aliphatic rings. The fraction of sp³-hybridized carbons (Fsp3) is 0.792. The quantitative estimate of drug-likeness (QED) is 0.274. The van der Waals surface area contributed by atoms with Crippen LogP contribution < -0.4 is 4.57 Å². The summed E-state index contributed by atoms with van der Waals surface area (Å²) in [5, 5.41) is 0. The Bertz CT molecular complexity index is 471. The van der Waals surface area contributed by atoms with Gasteiger partial charge in [0.15, 0.2) is 12.4 Å². The zero-order chi connectivity index (χ0) is 18.5. The number of nitrogens with zero attached hydrogens (tertiary/aromatic N) is 2. The van der Waals surface area contributed by atoms with Crippen LogP contribution in [0.1, 0.15) is 108 Å². The van der Waals surface area contributed by atoms with Gasteiger partial charge in [-0.1, -0.05) is 71.1 Å².